The molecular formula is C12H15NO2S. The van der Waals surface area contributed by atoms with Gasteiger partial charge in [-0.1, -0.05) is 18.2 Å². The summed E-state index contributed by atoms with van der Waals surface area (Å²) >= 11 is 1.53. The topological polar surface area (TPSA) is 49.3 Å². The molecule has 4 heteroatoms. The van der Waals surface area contributed by atoms with Crippen molar-refractivity contribution < 1.29 is 9.90 Å². The lowest BCUT2D eigenvalue weighted by molar-refractivity contribution is -0.120. The summed E-state index contributed by atoms with van der Waals surface area (Å²) in [5, 5.41) is 12.0. The minimum atomic E-state index is -0.216. The molecule has 0 radical (unpaired) electrons. The monoisotopic (exact) mass is 237 g/mol. The maximum atomic E-state index is 11.5. The van der Waals surface area contributed by atoms with Gasteiger partial charge in [-0.15, -0.1) is 11.8 Å². The van der Waals surface area contributed by atoms with Gasteiger partial charge in [0.15, 0.2) is 0 Å². The minimum absolute atomic E-state index is 0.0470. The van der Waals surface area contributed by atoms with E-state index in [4.69, 9.17) is 5.11 Å². The average molecular weight is 237 g/mol. The number of benzene rings is 1. The van der Waals surface area contributed by atoms with E-state index in [1.807, 2.05) is 30.3 Å². The normalized spacial score (nSPS) is 23.6. The number of hydrogen-bond acceptors (Lipinski definition) is 3. The maximum absolute atomic E-state index is 11.5. The van der Waals surface area contributed by atoms with Crippen molar-refractivity contribution in [2.24, 2.45) is 0 Å². The van der Waals surface area contributed by atoms with Gasteiger partial charge in [0.05, 0.1) is 11.9 Å². The molecule has 16 heavy (non-hydrogen) atoms. The van der Waals surface area contributed by atoms with Gasteiger partial charge in [0.2, 0.25) is 5.91 Å². The van der Waals surface area contributed by atoms with Crippen LogP contribution in [0.4, 0.5) is 0 Å². The molecule has 1 aromatic rings. The molecule has 0 bridgehead atoms. The standard InChI is InChI=1S/C12H15NO2S/c14-10-6-9(7-10)13-12(15)8-16-11-4-2-1-3-5-11/h1-5,9-10,14H,6-8H2,(H,13,15). The van der Waals surface area contributed by atoms with E-state index in [1.165, 1.54) is 11.8 Å². The molecule has 0 spiro atoms. The molecule has 2 rings (SSSR count). The highest BCUT2D eigenvalue weighted by Gasteiger charge is 2.28. The molecule has 1 aliphatic carbocycles. The average Bonchev–Trinajstić information content (AvgIpc) is 2.26. The van der Waals surface area contributed by atoms with Crippen molar-refractivity contribution in [3.63, 3.8) is 0 Å². The number of nitrogens with one attached hydrogen (secondary N) is 1. The summed E-state index contributed by atoms with van der Waals surface area (Å²) in [6.45, 7) is 0. The Morgan fingerprint density at radius 2 is 2.06 bits per heavy atom. The molecule has 1 saturated carbocycles. The number of aliphatic hydroxyl groups excluding tert-OH is 1. The van der Waals surface area contributed by atoms with Crippen LogP contribution in [-0.2, 0) is 4.79 Å². The van der Waals surface area contributed by atoms with Gasteiger partial charge in [0, 0.05) is 10.9 Å². The third kappa shape index (κ3) is 3.25. The summed E-state index contributed by atoms with van der Waals surface area (Å²) in [7, 11) is 0. The van der Waals surface area contributed by atoms with Crippen molar-refractivity contribution in [1.82, 2.24) is 5.32 Å². The molecule has 3 nitrogen and oxygen atoms in total. The predicted octanol–water partition coefficient (Wildman–Crippen LogP) is 1.42. The van der Waals surface area contributed by atoms with Gasteiger partial charge in [0.1, 0.15) is 0 Å². The minimum Gasteiger partial charge on any atom is -0.393 e. The fourth-order valence-corrected chi connectivity index (χ4v) is 2.37. The molecule has 0 unspecified atom stereocenters. The Balaban J connectivity index is 1.68. The second-order valence-electron chi connectivity index (χ2n) is 3.99. The van der Waals surface area contributed by atoms with Crippen LogP contribution < -0.4 is 5.32 Å². The van der Waals surface area contributed by atoms with Gasteiger partial charge in [-0.2, -0.15) is 0 Å². The van der Waals surface area contributed by atoms with Gasteiger partial charge in [-0.3, -0.25) is 4.79 Å². The smallest absolute Gasteiger partial charge is 0.230 e. The van der Waals surface area contributed by atoms with Crippen LogP contribution in [0.15, 0.2) is 35.2 Å². The van der Waals surface area contributed by atoms with Gasteiger partial charge in [0.25, 0.3) is 0 Å². The van der Waals surface area contributed by atoms with Crippen LogP contribution in [0.2, 0.25) is 0 Å². The highest BCUT2D eigenvalue weighted by atomic mass is 32.2. The van der Waals surface area contributed by atoms with Crippen molar-refractivity contribution >= 4 is 17.7 Å². The van der Waals surface area contributed by atoms with Crippen LogP contribution in [-0.4, -0.2) is 28.9 Å². The van der Waals surface area contributed by atoms with Crippen LogP contribution in [0.1, 0.15) is 12.8 Å². The summed E-state index contributed by atoms with van der Waals surface area (Å²) in [4.78, 5) is 12.6. The lowest BCUT2D eigenvalue weighted by Crippen LogP contribution is -2.47. The molecule has 1 amide bonds. The van der Waals surface area contributed by atoms with Gasteiger partial charge < -0.3 is 10.4 Å². The van der Waals surface area contributed by atoms with E-state index < -0.39 is 0 Å². The Morgan fingerprint density at radius 1 is 1.38 bits per heavy atom. The predicted molar refractivity (Wildman–Crippen MR) is 64.3 cm³/mol. The van der Waals surface area contributed by atoms with Crippen molar-refractivity contribution in [1.29, 1.82) is 0 Å². The first-order chi connectivity index (χ1) is 7.74. The molecule has 0 aliphatic heterocycles. The number of carbonyl (C=O) groups is 1. The SMILES string of the molecule is O=C(CSc1ccccc1)NC1CC(O)C1. The number of carbonyl (C=O) groups excluding carboxylic acids is 1. The fraction of sp³-hybridized carbons (Fsp3) is 0.417. The summed E-state index contributed by atoms with van der Waals surface area (Å²) in [6.07, 6.45) is 1.18. The van der Waals surface area contributed by atoms with Gasteiger partial charge in [-0.25, -0.2) is 0 Å². The third-order valence-corrected chi connectivity index (χ3v) is 3.60. The van der Waals surface area contributed by atoms with Gasteiger partial charge in [-0.05, 0) is 25.0 Å². The second kappa shape index (κ2) is 5.37. The summed E-state index contributed by atoms with van der Waals surface area (Å²) in [5.41, 5.74) is 0. The van der Waals surface area contributed by atoms with E-state index in [0.717, 1.165) is 4.90 Å². The Labute approximate surface area is 99.2 Å². The molecule has 1 fully saturated rings. The lowest BCUT2D eigenvalue weighted by atomic mass is 9.89. The van der Waals surface area contributed by atoms with E-state index in [-0.39, 0.29) is 18.1 Å². The third-order valence-electron chi connectivity index (χ3n) is 2.59. The van der Waals surface area contributed by atoms with Crippen LogP contribution >= 0.6 is 11.8 Å². The summed E-state index contributed by atoms with van der Waals surface area (Å²) in [6, 6.07) is 10.0. The summed E-state index contributed by atoms with van der Waals surface area (Å²) in [5.74, 6) is 0.488. The molecular weight excluding hydrogens is 222 g/mol. The number of rotatable bonds is 4. The molecule has 0 atom stereocenters. The molecule has 0 aromatic heterocycles. The van der Waals surface area contributed by atoms with Crippen LogP contribution in [0.25, 0.3) is 0 Å². The maximum Gasteiger partial charge on any atom is 0.230 e. The largest absolute Gasteiger partial charge is 0.393 e. The highest BCUT2D eigenvalue weighted by Crippen LogP contribution is 2.20. The number of thioether (sulfide) groups is 1. The number of amides is 1. The quantitative estimate of drug-likeness (QED) is 0.779. The van der Waals surface area contributed by atoms with E-state index in [9.17, 15) is 4.79 Å². The Kier molecular flexibility index (Phi) is 3.85. The van der Waals surface area contributed by atoms with E-state index in [2.05, 4.69) is 5.32 Å². The van der Waals surface area contributed by atoms with Crippen LogP contribution in [0.5, 0.6) is 0 Å². The zero-order chi connectivity index (χ0) is 11.4. The van der Waals surface area contributed by atoms with Crippen LogP contribution in [0, 0.1) is 0 Å². The lowest BCUT2D eigenvalue weighted by Gasteiger charge is -2.31. The Morgan fingerprint density at radius 3 is 2.69 bits per heavy atom. The number of hydrogen-bond donors (Lipinski definition) is 2. The number of aliphatic hydroxyl groups is 1. The van der Waals surface area contributed by atoms with Crippen molar-refractivity contribution in [3.05, 3.63) is 30.3 Å². The van der Waals surface area contributed by atoms with Crippen molar-refractivity contribution in [2.75, 3.05) is 5.75 Å². The van der Waals surface area contributed by atoms with E-state index in [1.54, 1.807) is 0 Å². The molecule has 0 saturated heterocycles. The van der Waals surface area contributed by atoms with Crippen molar-refractivity contribution in [2.45, 2.75) is 29.9 Å². The zero-order valence-electron chi connectivity index (χ0n) is 8.93. The fourth-order valence-electron chi connectivity index (χ4n) is 1.64. The second-order valence-corrected chi connectivity index (χ2v) is 5.04. The zero-order valence-corrected chi connectivity index (χ0v) is 9.74. The molecule has 1 aromatic carbocycles. The van der Waals surface area contributed by atoms with Crippen molar-refractivity contribution in [3.8, 4) is 0 Å². The van der Waals surface area contributed by atoms with E-state index in [0.29, 0.717) is 18.6 Å². The first kappa shape index (κ1) is 11.5. The molecule has 86 valence electrons. The Hall–Kier alpha value is -1.00. The highest BCUT2D eigenvalue weighted by molar-refractivity contribution is 8.00. The first-order valence-corrected chi connectivity index (χ1v) is 6.38. The summed E-state index contributed by atoms with van der Waals surface area (Å²) < 4.78 is 0. The molecule has 1 aliphatic rings. The molecule has 0 heterocycles. The first-order valence-electron chi connectivity index (χ1n) is 5.39. The van der Waals surface area contributed by atoms with E-state index >= 15 is 0 Å². The molecule has 2 N–H and O–H groups in total. The van der Waals surface area contributed by atoms with Crippen LogP contribution in [0.3, 0.4) is 0 Å². The van der Waals surface area contributed by atoms with Gasteiger partial charge >= 0.3 is 0 Å². The Bertz CT molecular complexity index is 349.